The highest BCUT2D eigenvalue weighted by molar-refractivity contribution is 5.95. The maximum absolute atomic E-state index is 13.7. The van der Waals surface area contributed by atoms with Crippen molar-refractivity contribution in [3.63, 3.8) is 0 Å². The van der Waals surface area contributed by atoms with Crippen LogP contribution in [0, 0.1) is 24.6 Å². The Hall–Kier alpha value is -3.13. The van der Waals surface area contributed by atoms with Gasteiger partial charge in [-0.05, 0) is 31.0 Å². The van der Waals surface area contributed by atoms with E-state index < -0.39 is 0 Å². The second-order valence-corrected chi connectivity index (χ2v) is 5.06. The number of halogens is 1. The van der Waals surface area contributed by atoms with Crippen molar-refractivity contribution in [2.45, 2.75) is 6.92 Å². The maximum atomic E-state index is 13.7. The van der Waals surface area contributed by atoms with E-state index in [0.29, 0.717) is 22.3 Å². The number of hydrogen-bond donors (Lipinski definition) is 1. The molecular weight excluding hydrogens is 293 g/mol. The summed E-state index contributed by atoms with van der Waals surface area (Å²) in [6.07, 6.45) is 3.53. The quantitative estimate of drug-likeness (QED) is 0.702. The van der Waals surface area contributed by atoms with Gasteiger partial charge in [0.1, 0.15) is 11.5 Å². The van der Waals surface area contributed by atoms with E-state index in [1.807, 2.05) is 13.1 Å². The molecule has 0 aliphatic rings. The summed E-state index contributed by atoms with van der Waals surface area (Å²) in [6, 6.07) is 8.05. The predicted molar refractivity (Wildman–Crippen MR) is 85.7 cm³/mol. The van der Waals surface area contributed by atoms with Crippen molar-refractivity contribution in [1.29, 1.82) is 0 Å². The number of nitrogens with zero attached hydrogens (tertiary/aromatic N) is 2. The summed E-state index contributed by atoms with van der Waals surface area (Å²) >= 11 is 0. The number of carbonyl (C=O) groups is 1. The molecule has 1 N–H and O–H groups in total. The molecular formula is C18H14FN3O. The monoisotopic (exact) mass is 307 g/mol. The Morgan fingerprint density at radius 3 is 2.78 bits per heavy atom. The van der Waals surface area contributed by atoms with E-state index in [1.165, 1.54) is 6.07 Å². The molecule has 0 bridgehead atoms. The van der Waals surface area contributed by atoms with Crippen LogP contribution < -0.4 is 5.32 Å². The van der Waals surface area contributed by atoms with Gasteiger partial charge >= 0.3 is 0 Å². The molecule has 0 radical (unpaired) electrons. The van der Waals surface area contributed by atoms with Crippen LogP contribution in [0.25, 0.3) is 5.52 Å². The lowest BCUT2D eigenvalue weighted by atomic mass is 10.2. The van der Waals surface area contributed by atoms with Gasteiger partial charge in [-0.3, -0.25) is 4.79 Å². The van der Waals surface area contributed by atoms with E-state index in [1.54, 1.807) is 41.9 Å². The number of fused-ring (bicyclic) bond motifs is 1. The summed E-state index contributed by atoms with van der Waals surface area (Å²) < 4.78 is 15.5. The third kappa shape index (κ3) is 2.92. The van der Waals surface area contributed by atoms with Crippen LogP contribution in [0.1, 0.15) is 27.3 Å². The normalized spacial score (nSPS) is 10.2. The van der Waals surface area contributed by atoms with Gasteiger partial charge in [0, 0.05) is 19.4 Å². The first kappa shape index (κ1) is 14.8. The van der Waals surface area contributed by atoms with Gasteiger partial charge < -0.3 is 9.72 Å². The van der Waals surface area contributed by atoms with Gasteiger partial charge in [-0.15, -0.1) is 0 Å². The predicted octanol–water partition coefficient (Wildman–Crippen LogP) is 2.54. The van der Waals surface area contributed by atoms with Crippen LogP contribution in [0.3, 0.4) is 0 Å². The minimum absolute atomic E-state index is 0.181. The van der Waals surface area contributed by atoms with E-state index in [2.05, 4.69) is 22.1 Å². The first-order chi connectivity index (χ1) is 11.1. The summed E-state index contributed by atoms with van der Waals surface area (Å²) in [7, 11) is 1.58. The highest BCUT2D eigenvalue weighted by atomic mass is 19.1. The van der Waals surface area contributed by atoms with Crippen molar-refractivity contribution >= 4 is 11.4 Å². The van der Waals surface area contributed by atoms with Crippen LogP contribution in [0.4, 0.5) is 4.39 Å². The molecule has 3 aromatic rings. The van der Waals surface area contributed by atoms with Gasteiger partial charge in [-0.2, -0.15) is 0 Å². The molecule has 0 unspecified atom stereocenters. The number of aromatic nitrogens is 2. The fraction of sp³-hybridized carbons (Fsp3) is 0.111. The van der Waals surface area contributed by atoms with E-state index in [0.717, 1.165) is 5.69 Å². The highest BCUT2D eigenvalue weighted by Crippen LogP contribution is 2.14. The lowest BCUT2D eigenvalue weighted by molar-refractivity contribution is 0.0963. The zero-order chi connectivity index (χ0) is 16.4. The molecule has 0 spiro atoms. The maximum Gasteiger partial charge on any atom is 0.252 e. The van der Waals surface area contributed by atoms with Gasteiger partial charge in [-0.25, -0.2) is 9.37 Å². The third-order valence-corrected chi connectivity index (χ3v) is 3.38. The molecule has 0 fully saturated rings. The van der Waals surface area contributed by atoms with Crippen molar-refractivity contribution in [3.05, 3.63) is 71.1 Å². The van der Waals surface area contributed by atoms with E-state index in [9.17, 15) is 9.18 Å². The van der Waals surface area contributed by atoms with Crippen LogP contribution in [-0.2, 0) is 0 Å². The molecule has 0 saturated heterocycles. The summed E-state index contributed by atoms with van der Waals surface area (Å²) in [5.74, 6) is 5.15. The van der Waals surface area contributed by atoms with Gasteiger partial charge in [0.15, 0.2) is 0 Å². The van der Waals surface area contributed by atoms with Crippen molar-refractivity contribution in [2.75, 3.05) is 7.05 Å². The molecule has 5 heteroatoms. The molecule has 1 amide bonds. The highest BCUT2D eigenvalue weighted by Gasteiger charge is 2.10. The number of benzene rings is 1. The minimum Gasteiger partial charge on any atom is -0.355 e. The fourth-order valence-electron chi connectivity index (χ4n) is 2.29. The standard InChI is InChI=1S/C18H14FN3O/c1-12-10-22-11-14(18(23)20-2)9-17(22)16(21-12)8-7-13-5-3-4-6-15(13)19/h3-6,9-11H,1-2H3,(H,20,23). The van der Waals surface area contributed by atoms with Gasteiger partial charge in [0.2, 0.25) is 0 Å². The lowest BCUT2D eigenvalue weighted by Crippen LogP contribution is -2.16. The number of rotatable bonds is 1. The zero-order valence-electron chi connectivity index (χ0n) is 12.7. The Morgan fingerprint density at radius 1 is 1.26 bits per heavy atom. The van der Waals surface area contributed by atoms with E-state index >= 15 is 0 Å². The van der Waals surface area contributed by atoms with Crippen LogP contribution in [-0.4, -0.2) is 22.3 Å². The average Bonchev–Trinajstić information content (AvgIpc) is 2.97. The van der Waals surface area contributed by atoms with Crippen LogP contribution in [0.5, 0.6) is 0 Å². The molecule has 0 aliphatic carbocycles. The van der Waals surface area contributed by atoms with Crippen molar-refractivity contribution < 1.29 is 9.18 Å². The smallest absolute Gasteiger partial charge is 0.252 e. The first-order valence-electron chi connectivity index (χ1n) is 7.06. The van der Waals surface area contributed by atoms with Crippen LogP contribution in [0.2, 0.25) is 0 Å². The fourth-order valence-corrected chi connectivity index (χ4v) is 2.29. The molecule has 2 aromatic heterocycles. The van der Waals surface area contributed by atoms with E-state index in [4.69, 9.17) is 0 Å². The van der Waals surface area contributed by atoms with Crippen molar-refractivity contribution in [3.8, 4) is 11.8 Å². The largest absolute Gasteiger partial charge is 0.355 e. The molecule has 0 aliphatic heterocycles. The second-order valence-electron chi connectivity index (χ2n) is 5.06. The number of nitrogens with one attached hydrogen (secondary N) is 1. The van der Waals surface area contributed by atoms with Gasteiger partial charge in [-0.1, -0.05) is 18.1 Å². The second kappa shape index (κ2) is 5.93. The molecule has 23 heavy (non-hydrogen) atoms. The summed E-state index contributed by atoms with van der Waals surface area (Å²) in [4.78, 5) is 16.2. The van der Waals surface area contributed by atoms with Crippen LogP contribution >= 0.6 is 0 Å². The Morgan fingerprint density at radius 2 is 2.04 bits per heavy atom. The summed E-state index contributed by atoms with van der Waals surface area (Å²) in [6.45, 7) is 1.84. The molecule has 3 rings (SSSR count). The van der Waals surface area contributed by atoms with Crippen molar-refractivity contribution in [1.82, 2.24) is 14.7 Å². The molecule has 1 aromatic carbocycles. The Balaban J connectivity index is 2.13. The number of amides is 1. The average molecular weight is 307 g/mol. The Bertz CT molecular complexity index is 963. The Labute approximate surface area is 133 Å². The molecule has 0 atom stereocenters. The number of carbonyl (C=O) groups excluding carboxylic acids is 1. The number of hydrogen-bond acceptors (Lipinski definition) is 2. The molecule has 2 heterocycles. The lowest BCUT2D eigenvalue weighted by Gasteiger charge is -1.99. The SMILES string of the molecule is CNC(=O)c1cc2c(C#Cc3ccccc3F)nc(C)cn2c1. The van der Waals surface area contributed by atoms with Crippen LogP contribution in [0.15, 0.2) is 42.7 Å². The number of aryl methyl sites for hydroxylation is 1. The first-order valence-corrected chi connectivity index (χ1v) is 7.06. The Kier molecular flexibility index (Phi) is 3.82. The summed E-state index contributed by atoms with van der Waals surface area (Å²) in [5, 5.41) is 2.58. The van der Waals surface area contributed by atoms with Gasteiger partial charge in [0.25, 0.3) is 5.91 Å². The zero-order valence-corrected chi connectivity index (χ0v) is 12.7. The third-order valence-electron chi connectivity index (χ3n) is 3.38. The van der Waals surface area contributed by atoms with Gasteiger partial charge in [0.05, 0.1) is 22.3 Å². The topological polar surface area (TPSA) is 46.4 Å². The van der Waals surface area contributed by atoms with Crippen molar-refractivity contribution in [2.24, 2.45) is 0 Å². The molecule has 0 saturated carbocycles. The van der Waals surface area contributed by atoms with E-state index in [-0.39, 0.29) is 11.7 Å². The molecule has 4 nitrogen and oxygen atoms in total. The summed E-state index contributed by atoms with van der Waals surface area (Å²) in [5.41, 5.74) is 2.80. The minimum atomic E-state index is -0.370. The molecule has 114 valence electrons.